The number of nitrogens with two attached hydrogens (primary N) is 1. The molecule has 3 rings (SSSR count). The van der Waals surface area contributed by atoms with Crippen LogP contribution in [0.3, 0.4) is 0 Å². The highest BCUT2D eigenvalue weighted by Crippen LogP contribution is 2.25. The van der Waals surface area contributed by atoms with Crippen molar-refractivity contribution in [1.29, 1.82) is 0 Å². The zero-order valence-electron chi connectivity index (χ0n) is 8.20. The Morgan fingerprint density at radius 1 is 1.44 bits per heavy atom. The van der Waals surface area contributed by atoms with E-state index in [2.05, 4.69) is 20.3 Å². The van der Waals surface area contributed by atoms with Gasteiger partial charge in [0.1, 0.15) is 12.0 Å². The van der Waals surface area contributed by atoms with Gasteiger partial charge in [0.2, 0.25) is 4.96 Å². The Kier molecular flexibility index (Phi) is 2.39. The fourth-order valence-corrected chi connectivity index (χ4v) is 2.96. The number of thiazole rings is 1. The second-order valence-corrected chi connectivity index (χ2v) is 5.03. The van der Waals surface area contributed by atoms with Crippen molar-refractivity contribution in [2.75, 3.05) is 6.54 Å². The zero-order chi connectivity index (χ0) is 11.0. The summed E-state index contributed by atoms with van der Waals surface area (Å²) in [7, 11) is 0. The van der Waals surface area contributed by atoms with Crippen molar-refractivity contribution in [2.45, 2.75) is 6.42 Å². The van der Waals surface area contributed by atoms with Crippen LogP contribution in [0.25, 0.3) is 15.7 Å². The van der Waals surface area contributed by atoms with Crippen molar-refractivity contribution >= 4 is 27.6 Å². The summed E-state index contributed by atoms with van der Waals surface area (Å²) in [5.74, 6) is 0. The SMILES string of the molecule is NCCc1nc(-c2nn3cnnc3s2)cs1. The molecule has 3 heterocycles. The van der Waals surface area contributed by atoms with Crippen LogP contribution in [0, 0.1) is 0 Å². The van der Waals surface area contributed by atoms with Gasteiger partial charge >= 0.3 is 0 Å². The quantitative estimate of drug-likeness (QED) is 0.746. The van der Waals surface area contributed by atoms with Crippen molar-refractivity contribution in [3.63, 3.8) is 0 Å². The monoisotopic (exact) mass is 252 g/mol. The molecule has 3 aromatic heterocycles. The molecule has 6 nitrogen and oxygen atoms in total. The van der Waals surface area contributed by atoms with Gasteiger partial charge < -0.3 is 5.73 Å². The van der Waals surface area contributed by atoms with E-state index in [1.54, 1.807) is 22.2 Å². The molecular formula is C8H8N6S2. The highest BCUT2D eigenvalue weighted by molar-refractivity contribution is 7.20. The van der Waals surface area contributed by atoms with E-state index in [1.807, 2.05) is 5.38 Å². The van der Waals surface area contributed by atoms with Crippen LogP contribution in [0.2, 0.25) is 0 Å². The van der Waals surface area contributed by atoms with Gasteiger partial charge in [-0.05, 0) is 6.54 Å². The van der Waals surface area contributed by atoms with Gasteiger partial charge in [0.25, 0.3) is 0 Å². The molecule has 0 aliphatic heterocycles. The first-order valence-corrected chi connectivity index (χ1v) is 6.38. The third-order valence-electron chi connectivity index (χ3n) is 2.02. The van der Waals surface area contributed by atoms with Gasteiger partial charge in [0, 0.05) is 11.8 Å². The van der Waals surface area contributed by atoms with Crippen molar-refractivity contribution < 1.29 is 0 Å². The summed E-state index contributed by atoms with van der Waals surface area (Å²) in [5, 5.41) is 15.9. The minimum absolute atomic E-state index is 0.623. The first-order valence-electron chi connectivity index (χ1n) is 4.68. The van der Waals surface area contributed by atoms with Crippen LogP contribution in [0.4, 0.5) is 0 Å². The lowest BCUT2D eigenvalue weighted by Gasteiger charge is -1.88. The van der Waals surface area contributed by atoms with Gasteiger partial charge in [-0.25, -0.2) is 4.98 Å². The van der Waals surface area contributed by atoms with Crippen molar-refractivity contribution in [3.8, 4) is 10.7 Å². The predicted molar refractivity (Wildman–Crippen MR) is 62.5 cm³/mol. The number of hydrogen-bond acceptors (Lipinski definition) is 7. The summed E-state index contributed by atoms with van der Waals surface area (Å²) in [6.45, 7) is 0.623. The maximum Gasteiger partial charge on any atom is 0.234 e. The molecule has 0 fully saturated rings. The summed E-state index contributed by atoms with van der Waals surface area (Å²) < 4.78 is 1.65. The van der Waals surface area contributed by atoms with Crippen molar-refractivity contribution in [1.82, 2.24) is 24.8 Å². The first kappa shape index (κ1) is 9.82. The molecule has 0 saturated heterocycles. The van der Waals surface area contributed by atoms with Gasteiger partial charge in [-0.1, -0.05) is 11.3 Å². The molecule has 8 heteroatoms. The summed E-state index contributed by atoms with van der Waals surface area (Å²) in [6.07, 6.45) is 2.40. The fourth-order valence-electron chi connectivity index (χ4n) is 1.31. The van der Waals surface area contributed by atoms with Crippen LogP contribution in [-0.2, 0) is 6.42 Å². The molecule has 82 valence electrons. The Hall–Kier alpha value is -1.38. The Morgan fingerprint density at radius 2 is 2.38 bits per heavy atom. The number of nitrogens with zero attached hydrogens (tertiary/aromatic N) is 5. The lowest BCUT2D eigenvalue weighted by Crippen LogP contribution is -2.01. The molecule has 0 amide bonds. The topological polar surface area (TPSA) is 82.0 Å². The summed E-state index contributed by atoms with van der Waals surface area (Å²) in [6, 6.07) is 0. The van der Waals surface area contributed by atoms with Crippen LogP contribution in [0.5, 0.6) is 0 Å². The standard InChI is InChI=1S/C8H8N6S2/c9-2-1-6-11-5(3-15-6)7-13-14-4-10-12-8(14)16-7/h3-4H,1-2,9H2. The predicted octanol–water partition coefficient (Wildman–Crippen LogP) is 0.810. The Labute approximate surface area is 98.8 Å². The molecule has 0 aromatic carbocycles. The van der Waals surface area contributed by atoms with E-state index in [4.69, 9.17) is 5.73 Å². The van der Waals surface area contributed by atoms with E-state index >= 15 is 0 Å². The van der Waals surface area contributed by atoms with E-state index in [-0.39, 0.29) is 0 Å². The number of fused-ring (bicyclic) bond motifs is 1. The molecular weight excluding hydrogens is 244 g/mol. The van der Waals surface area contributed by atoms with Gasteiger partial charge in [-0.15, -0.1) is 21.5 Å². The third-order valence-corrected chi connectivity index (χ3v) is 3.86. The molecule has 0 aliphatic rings. The molecule has 0 spiro atoms. The van der Waals surface area contributed by atoms with Crippen molar-refractivity contribution in [3.05, 3.63) is 16.7 Å². The average molecular weight is 252 g/mol. The zero-order valence-corrected chi connectivity index (χ0v) is 9.83. The van der Waals surface area contributed by atoms with E-state index in [0.717, 1.165) is 27.1 Å². The number of rotatable bonds is 3. The van der Waals surface area contributed by atoms with Crippen LogP contribution < -0.4 is 5.73 Å². The lowest BCUT2D eigenvalue weighted by atomic mass is 10.4. The highest BCUT2D eigenvalue weighted by atomic mass is 32.1. The molecule has 2 N–H and O–H groups in total. The Morgan fingerprint density at radius 3 is 3.19 bits per heavy atom. The minimum atomic E-state index is 0.623. The third kappa shape index (κ3) is 1.60. The van der Waals surface area contributed by atoms with E-state index in [0.29, 0.717) is 6.54 Å². The number of hydrogen-bond donors (Lipinski definition) is 1. The largest absolute Gasteiger partial charge is 0.330 e. The van der Waals surface area contributed by atoms with Gasteiger partial charge in [-0.2, -0.15) is 9.61 Å². The molecule has 16 heavy (non-hydrogen) atoms. The summed E-state index contributed by atoms with van der Waals surface area (Å²) in [5.41, 5.74) is 6.38. The molecule has 0 bridgehead atoms. The highest BCUT2D eigenvalue weighted by Gasteiger charge is 2.10. The van der Waals surface area contributed by atoms with Crippen LogP contribution >= 0.6 is 22.7 Å². The van der Waals surface area contributed by atoms with Crippen molar-refractivity contribution in [2.24, 2.45) is 5.73 Å². The van der Waals surface area contributed by atoms with Gasteiger partial charge in [0.05, 0.1) is 5.01 Å². The Bertz CT molecular complexity index is 580. The first-order chi connectivity index (χ1) is 7.86. The summed E-state index contributed by atoms with van der Waals surface area (Å²) in [4.78, 5) is 5.25. The number of aromatic nitrogens is 5. The van der Waals surface area contributed by atoms with Gasteiger partial charge in [-0.3, -0.25) is 0 Å². The Balaban J connectivity index is 1.98. The van der Waals surface area contributed by atoms with Crippen LogP contribution in [0.15, 0.2) is 11.7 Å². The normalized spacial score (nSPS) is 11.3. The summed E-state index contributed by atoms with van der Waals surface area (Å²) >= 11 is 3.09. The molecule has 0 radical (unpaired) electrons. The molecule has 0 atom stereocenters. The molecule has 0 aliphatic carbocycles. The average Bonchev–Trinajstić information content (AvgIpc) is 2.88. The molecule has 3 aromatic rings. The van der Waals surface area contributed by atoms with Crippen LogP contribution in [0.1, 0.15) is 5.01 Å². The van der Waals surface area contributed by atoms with E-state index in [9.17, 15) is 0 Å². The second kappa shape index (κ2) is 3.89. The van der Waals surface area contributed by atoms with E-state index < -0.39 is 0 Å². The van der Waals surface area contributed by atoms with E-state index in [1.165, 1.54) is 11.3 Å². The second-order valence-electron chi connectivity index (χ2n) is 3.13. The lowest BCUT2D eigenvalue weighted by molar-refractivity contribution is 0.942. The maximum absolute atomic E-state index is 5.48. The molecule has 0 unspecified atom stereocenters. The minimum Gasteiger partial charge on any atom is -0.330 e. The molecule has 0 saturated carbocycles. The maximum atomic E-state index is 5.48. The van der Waals surface area contributed by atoms with Gasteiger partial charge in [0.15, 0.2) is 5.01 Å². The smallest absolute Gasteiger partial charge is 0.234 e. The van der Waals surface area contributed by atoms with Crippen LogP contribution in [-0.4, -0.2) is 31.3 Å². The fraction of sp³-hybridized carbons (Fsp3) is 0.250.